The van der Waals surface area contributed by atoms with Crippen molar-refractivity contribution in [2.24, 2.45) is 0 Å². The summed E-state index contributed by atoms with van der Waals surface area (Å²) in [5, 5.41) is 9.31. The van der Waals surface area contributed by atoms with Crippen LogP contribution in [0.5, 0.6) is 5.75 Å². The Hall–Kier alpha value is -3.14. The zero-order valence-electron chi connectivity index (χ0n) is 15.7. The summed E-state index contributed by atoms with van der Waals surface area (Å²) in [6, 6.07) is 27.5. The molecule has 0 bridgehead atoms. The van der Waals surface area contributed by atoms with E-state index in [1.807, 2.05) is 48.5 Å². The van der Waals surface area contributed by atoms with Crippen molar-refractivity contribution in [2.75, 3.05) is 7.11 Å². The van der Waals surface area contributed by atoms with Gasteiger partial charge in [-0.25, -0.2) is 0 Å². The summed E-state index contributed by atoms with van der Waals surface area (Å²) in [6.07, 6.45) is -0.703. The van der Waals surface area contributed by atoms with Crippen molar-refractivity contribution in [2.45, 2.75) is 6.10 Å². The minimum absolute atomic E-state index is 0.185. The van der Waals surface area contributed by atoms with Crippen molar-refractivity contribution in [3.63, 3.8) is 0 Å². The van der Waals surface area contributed by atoms with Crippen molar-refractivity contribution in [3.8, 4) is 11.8 Å². The van der Waals surface area contributed by atoms with Crippen LogP contribution in [0, 0.1) is 11.3 Å². The second kappa shape index (κ2) is 11.6. The van der Waals surface area contributed by atoms with E-state index in [0.717, 1.165) is 16.9 Å². The predicted octanol–water partition coefficient (Wildman–Crippen LogP) is 5.41. The van der Waals surface area contributed by atoms with Crippen LogP contribution in [-0.4, -0.2) is 17.3 Å². The van der Waals surface area contributed by atoms with Gasteiger partial charge in [0.05, 0.1) is 7.11 Å². The van der Waals surface area contributed by atoms with Crippen LogP contribution in [0.3, 0.4) is 0 Å². The van der Waals surface area contributed by atoms with E-state index in [-0.39, 0.29) is 5.12 Å². The lowest BCUT2D eigenvalue weighted by atomic mass is 10.1. The Labute approximate surface area is 181 Å². The standard InChI is InChI=1S/C16H13NO2S.C7H6OS/c1-18-14-9-7-13(8-10-14)16(20)19-15(11-17)12-5-3-2-4-6-12;8-7(9)6-4-2-1-3-5-6/h2-10,15H,1H3;1-5H,(H,8,9). The minimum Gasteiger partial charge on any atom is -0.497 e. The molecular formula is C23H19NO3S2. The third-order valence-corrected chi connectivity index (χ3v) is 4.38. The molecule has 0 spiro atoms. The van der Waals surface area contributed by atoms with Crippen molar-refractivity contribution in [1.82, 2.24) is 0 Å². The third kappa shape index (κ3) is 7.07. The van der Waals surface area contributed by atoms with Gasteiger partial charge < -0.3 is 9.47 Å². The van der Waals surface area contributed by atoms with Crippen molar-refractivity contribution in [1.29, 1.82) is 5.26 Å². The summed E-state index contributed by atoms with van der Waals surface area (Å²) in [7, 11) is 1.60. The van der Waals surface area contributed by atoms with Gasteiger partial charge >= 0.3 is 0 Å². The molecule has 1 atom stereocenters. The molecule has 0 fully saturated rings. The molecule has 0 radical (unpaired) electrons. The van der Waals surface area contributed by atoms with Gasteiger partial charge in [0, 0.05) is 16.7 Å². The SMILES string of the molecule is COc1ccc(C(=S)OC(C#N)c2ccccc2)cc1.O=C(S)c1ccccc1. The first-order chi connectivity index (χ1) is 14.0. The Balaban J connectivity index is 0.000000278. The maximum Gasteiger partial charge on any atom is 0.216 e. The Bertz CT molecular complexity index is 969. The molecule has 0 aliphatic heterocycles. The van der Waals surface area contributed by atoms with Gasteiger partial charge in [-0.15, -0.1) is 12.6 Å². The second-order valence-electron chi connectivity index (χ2n) is 5.72. The summed E-state index contributed by atoms with van der Waals surface area (Å²) in [6.45, 7) is 0. The lowest BCUT2D eigenvalue weighted by molar-refractivity contribution is 0.109. The number of nitrogens with zero attached hydrogens (tertiary/aromatic N) is 1. The lowest BCUT2D eigenvalue weighted by Crippen LogP contribution is -2.09. The van der Waals surface area contributed by atoms with Gasteiger partial charge in [0.1, 0.15) is 11.8 Å². The van der Waals surface area contributed by atoms with Gasteiger partial charge in [-0.1, -0.05) is 60.7 Å². The summed E-state index contributed by atoms with van der Waals surface area (Å²) in [4.78, 5) is 10.5. The van der Waals surface area contributed by atoms with Gasteiger partial charge in [-0.2, -0.15) is 5.26 Å². The maximum absolute atomic E-state index is 10.5. The Morgan fingerprint density at radius 3 is 1.93 bits per heavy atom. The number of nitriles is 1. The number of benzene rings is 3. The van der Waals surface area contributed by atoms with E-state index in [1.54, 1.807) is 43.5 Å². The van der Waals surface area contributed by atoms with E-state index in [9.17, 15) is 10.1 Å². The van der Waals surface area contributed by atoms with Crippen LogP contribution in [0.2, 0.25) is 0 Å². The quantitative estimate of drug-likeness (QED) is 0.441. The van der Waals surface area contributed by atoms with Crippen LogP contribution in [0.25, 0.3) is 0 Å². The zero-order valence-corrected chi connectivity index (χ0v) is 17.4. The van der Waals surface area contributed by atoms with Crippen LogP contribution >= 0.6 is 24.8 Å². The molecule has 3 aromatic carbocycles. The van der Waals surface area contributed by atoms with E-state index in [2.05, 4.69) is 18.7 Å². The molecule has 0 aromatic heterocycles. The molecule has 0 saturated carbocycles. The number of methoxy groups -OCH3 is 1. The first-order valence-corrected chi connectivity index (χ1v) is 9.48. The summed E-state index contributed by atoms with van der Waals surface area (Å²) in [5.74, 6) is 0.747. The molecule has 6 heteroatoms. The molecule has 3 aromatic rings. The van der Waals surface area contributed by atoms with E-state index >= 15 is 0 Å². The molecular weight excluding hydrogens is 402 g/mol. The number of rotatable bonds is 5. The van der Waals surface area contributed by atoms with Gasteiger partial charge in [0.2, 0.25) is 11.2 Å². The topological polar surface area (TPSA) is 59.3 Å². The van der Waals surface area contributed by atoms with Crippen LogP contribution < -0.4 is 4.74 Å². The fourth-order valence-electron chi connectivity index (χ4n) is 2.28. The van der Waals surface area contributed by atoms with Gasteiger partial charge in [0.25, 0.3) is 0 Å². The highest BCUT2D eigenvalue weighted by Crippen LogP contribution is 2.20. The van der Waals surface area contributed by atoms with Crippen molar-refractivity contribution in [3.05, 3.63) is 102 Å². The molecule has 3 rings (SSSR count). The maximum atomic E-state index is 10.5. The first kappa shape index (κ1) is 22.2. The Morgan fingerprint density at radius 1 is 0.931 bits per heavy atom. The smallest absolute Gasteiger partial charge is 0.216 e. The zero-order chi connectivity index (χ0) is 21.1. The Morgan fingerprint density at radius 2 is 1.48 bits per heavy atom. The largest absolute Gasteiger partial charge is 0.497 e. The fraction of sp³-hybridized carbons (Fsp3) is 0.0870. The normalized spacial score (nSPS) is 10.5. The third-order valence-electron chi connectivity index (χ3n) is 3.79. The average molecular weight is 422 g/mol. The molecule has 0 aliphatic carbocycles. The van der Waals surface area contributed by atoms with Crippen LogP contribution in [0.15, 0.2) is 84.9 Å². The highest BCUT2D eigenvalue weighted by atomic mass is 32.1. The number of hydrogen-bond acceptors (Lipinski definition) is 5. The second-order valence-corrected chi connectivity index (χ2v) is 6.50. The molecule has 0 amide bonds. The number of hydrogen-bond donors (Lipinski definition) is 1. The molecule has 1 unspecified atom stereocenters. The van der Waals surface area contributed by atoms with Crippen LogP contribution in [0.1, 0.15) is 27.6 Å². The fourth-order valence-corrected chi connectivity index (χ4v) is 2.66. The van der Waals surface area contributed by atoms with E-state index in [1.165, 1.54) is 0 Å². The summed E-state index contributed by atoms with van der Waals surface area (Å²) < 4.78 is 10.7. The van der Waals surface area contributed by atoms with Gasteiger partial charge in [-0.05, 0) is 36.5 Å². The predicted molar refractivity (Wildman–Crippen MR) is 120 cm³/mol. The van der Waals surface area contributed by atoms with Crippen molar-refractivity contribution >= 4 is 35.0 Å². The van der Waals surface area contributed by atoms with E-state index in [4.69, 9.17) is 21.7 Å². The molecule has 0 aliphatic rings. The van der Waals surface area contributed by atoms with Crippen LogP contribution in [0.4, 0.5) is 0 Å². The van der Waals surface area contributed by atoms with E-state index < -0.39 is 6.10 Å². The molecule has 0 N–H and O–H groups in total. The van der Waals surface area contributed by atoms with Crippen molar-refractivity contribution < 1.29 is 14.3 Å². The van der Waals surface area contributed by atoms with Crippen LogP contribution in [-0.2, 0) is 4.74 Å². The first-order valence-electron chi connectivity index (χ1n) is 8.63. The lowest BCUT2D eigenvalue weighted by Gasteiger charge is -2.13. The molecule has 4 nitrogen and oxygen atoms in total. The van der Waals surface area contributed by atoms with E-state index in [0.29, 0.717) is 10.6 Å². The number of thiol groups is 1. The van der Waals surface area contributed by atoms with Gasteiger partial charge in [-0.3, -0.25) is 4.79 Å². The average Bonchev–Trinajstić information content (AvgIpc) is 2.79. The highest BCUT2D eigenvalue weighted by molar-refractivity contribution is 7.97. The summed E-state index contributed by atoms with van der Waals surface area (Å²) >= 11 is 8.88. The molecule has 0 heterocycles. The Kier molecular flexibility index (Phi) is 8.90. The number of carbonyl (C=O) groups is 1. The highest BCUT2D eigenvalue weighted by Gasteiger charge is 2.14. The molecule has 146 valence electrons. The number of thiocarbonyl (C=S) groups is 1. The molecule has 0 saturated heterocycles. The molecule has 29 heavy (non-hydrogen) atoms. The minimum atomic E-state index is -0.703. The summed E-state index contributed by atoms with van der Waals surface area (Å²) in [5.41, 5.74) is 2.17. The van der Waals surface area contributed by atoms with Gasteiger partial charge in [0.15, 0.2) is 5.05 Å². The number of carbonyl (C=O) groups excluding carboxylic acids is 1. The number of ether oxygens (including phenoxy) is 2. The monoisotopic (exact) mass is 421 g/mol.